The summed E-state index contributed by atoms with van der Waals surface area (Å²) in [5.41, 5.74) is 0.664. The Balaban J connectivity index is 2.84. The smallest absolute Gasteiger partial charge is 0.292 e. The highest BCUT2D eigenvalue weighted by Crippen LogP contribution is 2.28. The largest absolute Gasteiger partial charge is 0.378 e. The fourth-order valence-electron chi connectivity index (χ4n) is 1.15. The molecule has 0 saturated heterocycles. The second-order valence-electron chi connectivity index (χ2n) is 3.35. The molecule has 1 aromatic carbocycles. The molecule has 0 spiro atoms. The Hall–Kier alpha value is -0.750. The molecule has 0 amide bonds. The van der Waals surface area contributed by atoms with Gasteiger partial charge in [0.05, 0.1) is 4.92 Å². The zero-order valence-corrected chi connectivity index (χ0v) is 11.5. The highest BCUT2D eigenvalue weighted by molar-refractivity contribution is 9.10. The molecule has 1 rings (SSSR count). The highest BCUT2D eigenvalue weighted by atomic mass is 79.9. The molecule has 16 heavy (non-hydrogen) atoms. The van der Waals surface area contributed by atoms with E-state index in [1.54, 1.807) is 23.9 Å². The minimum Gasteiger partial charge on any atom is -0.378 e. The maximum absolute atomic E-state index is 10.8. The van der Waals surface area contributed by atoms with Gasteiger partial charge < -0.3 is 5.32 Å². The number of benzene rings is 1. The number of anilines is 1. The predicted octanol–water partition coefficient (Wildman–Crippen LogP) is 3.52. The van der Waals surface area contributed by atoms with E-state index in [-0.39, 0.29) is 10.6 Å². The molecule has 0 heterocycles. The zero-order valence-electron chi connectivity index (χ0n) is 9.07. The Morgan fingerprint density at radius 1 is 1.62 bits per heavy atom. The van der Waals surface area contributed by atoms with E-state index in [1.165, 1.54) is 6.07 Å². The van der Waals surface area contributed by atoms with Gasteiger partial charge in [-0.05, 0) is 18.4 Å². The van der Waals surface area contributed by atoms with Gasteiger partial charge in [-0.1, -0.05) is 22.9 Å². The van der Waals surface area contributed by atoms with Crippen molar-refractivity contribution in [3.05, 3.63) is 32.8 Å². The van der Waals surface area contributed by atoms with Crippen LogP contribution in [0.3, 0.4) is 0 Å². The topological polar surface area (TPSA) is 55.2 Å². The summed E-state index contributed by atoms with van der Waals surface area (Å²) in [6.45, 7) is 2.78. The third-order valence-electron chi connectivity index (χ3n) is 2.14. The van der Waals surface area contributed by atoms with Gasteiger partial charge in [0.2, 0.25) is 0 Å². The second kappa shape index (κ2) is 6.10. The number of nitrogens with zero attached hydrogens (tertiary/aromatic N) is 1. The highest BCUT2D eigenvalue weighted by Gasteiger charge is 2.13. The summed E-state index contributed by atoms with van der Waals surface area (Å²) in [5, 5.41) is 14.3. The molecular weight excluding hydrogens is 292 g/mol. The minimum absolute atomic E-state index is 0.108. The van der Waals surface area contributed by atoms with Crippen LogP contribution in [-0.4, -0.2) is 23.0 Å². The lowest BCUT2D eigenvalue weighted by atomic mass is 10.2. The monoisotopic (exact) mass is 304 g/mol. The predicted molar refractivity (Wildman–Crippen MR) is 72.3 cm³/mol. The van der Waals surface area contributed by atoms with Gasteiger partial charge in [0.1, 0.15) is 5.69 Å². The van der Waals surface area contributed by atoms with Gasteiger partial charge in [-0.3, -0.25) is 10.1 Å². The fourth-order valence-corrected chi connectivity index (χ4v) is 1.76. The van der Waals surface area contributed by atoms with Gasteiger partial charge in [0.15, 0.2) is 0 Å². The van der Waals surface area contributed by atoms with E-state index >= 15 is 0 Å². The lowest BCUT2D eigenvalue weighted by Crippen LogP contribution is -2.13. The van der Waals surface area contributed by atoms with Crippen LogP contribution in [0, 0.1) is 10.1 Å². The quantitative estimate of drug-likeness (QED) is 0.668. The fraction of sp³-hybridized carbons (Fsp3) is 0.400. The summed E-state index contributed by atoms with van der Waals surface area (Å²) >= 11 is 5.02. The molecule has 4 nitrogen and oxygen atoms in total. The van der Waals surface area contributed by atoms with Crippen LogP contribution in [0.2, 0.25) is 0 Å². The first-order valence-electron chi connectivity index (χ1n) is 4.75. The number of hydrogen-bond acceptors (Lipinski definition) is 4. The minimum atomic E-state index is -0.376. The summed E-state index contributed by atoms with van der Waals surface area (Å²) in [5.74, 6) is 0. The first-order chi connectivity index (χ1) is 7.54. The van der Waals surface area contributed by atoms with Crippen molar-refractivity contribution in [1.82, 2.24) is 0 Å². The first-order valence-corrected chi connectivity index (χ1v) is 6.83. The normalized spacial score (nSPS) is 12.2. The Labute approximate surface area is 107 Å². The van der Waals surface area contributed by atoms with Crippen LogP contribution in [0.15, 0.2) is 22.7 Å². The van der Waals surface area contributed by atoms with E-state index in [0.717, 1.165) is 4.47 Å². The first kappa shape index (κ1) is 13.3. The molecule has 0 bridgehead atoms. The molecule has 0 fully saturated rings. The number of nitro benzene ring substituents is 1. The number of hydrogen-bond donors (Lipinski definition) is 1. The van der Waals surface area contributed by atoms with Crippen LogP contribution in [0.1, 0.15) is 6.92 Å². The van der Waals surface area contributed by atoms with Gasteiger partial charge >= 0.3 is 0 Å². The number of nitrogens with one attached hydrogen (secondary N) is 1. The molecule has 1 atom stereocenters. The average molecular weight is 305 g/mol. The maximum Gasteiger partial charge on any atom is 0.292 e. The van der Waals surface area contributed by atoms with Crippen LogP contribution in [-0.2, 0) is 0 Å². The van der Waals surface area contributed by atoms with Crippen LogP contribution in [0.4, 0.5) is 11.4 Å². The van der Waals surface area contributed by atoms with Crippen molar-refractivity contribution in [1.29, 1.82) is 0 Å². The Kier molecular flexibility index (Phi) is 5.08. The van der Waals surface area contributed by atoms with Crippen molar-refractivity contribution in [2.45, 2.75) is 12.2 Å². The van der Waals surface area contributed by atoms with E-state index in [9.17, 15) is 10.1 Å². The Bertz CT molecular complexity index is 387. The molecule has 1 N–H and O–H groups in total. The molecule has 0 aliphatic carbocycles. The van der Waals surface area contributed by atoms with Crippen LogP contribution >= 0.6 is 27.7 Å². The molecule has 6 heteroatoms. The summed E-state index contributed by atoms with van der Waals surface area (Å²) in [7, 11) is 0. The summed E-state index contributed by atoms with van der Waals surface area (Å²) in [4.78, 5) is 10.4. The van der Waals surface area contributed by atoms with E-state index in [2.05, 4.69) is 28.2 Å². The van der Waals surface area contributed by atoms with Gasteiger partial charge in [-0.2, -0.15) is 11.8 Å². The van der Waals surface area contributed by atoms with E-state index in [4.69, 9.17) is 0 Å². The van der Waals surface area contributed by atoms with Crippen molar-refractivity contribution in [3.63, 3.8) is 0 Å². The molecule has 1 aromatic rings. The molecule has 88 valence electrons. The zero-order chi connectivity index (χ0) is 12.1. The number of nitro groups is 1. The number of rotatable bonds is 5. The van der Waals surface area contributed by atoms with Crippen molar-refractivity contribution in [2.24, 2.45) is 0 Å². The third kappa shape index (κ3) is 3.68. The van der Waals surface area contributed by atoms with Gasteiger partial charge in [-0.15, -0.1) is 0 Å². The lowest BCUT2D eigenvalue weighted by molar-refractivity contribution is -0.384. The summed E-state index contributed by atoms with van der Waals surface area (Å²) in [6.07, 6.45) is 2.02. The Morgan fingerprint density at radius 2 is 2.31 bits per heavy atom. The van der Waals surface area contributed by atoms with Gasteiger partial charge in [0.25, 0.3) is 5.69 Å². The molecular formula is C10H13BrN2O2S. The van der Waals surface area contributed by atoms with Crippen molar-refractivity contribution in [2.75, 3.05) is 18.1 Å². The lowest BCUT2D eigenvalue weighted by Gasteiger charge is -2.11. The van der Waals surface area contributed by atoms with Crippen LogP contribution < -0.4 is 5.32 Å². The van der Waals surface area contributed by atoms with Crippen LogP contribution in [0.25, 0.3) is 0 Å². The molecule has 0 aromatic heterocycles. The molecule has 0 radical (unpaired) electrons. The number of halogens is 1. The molecule has 0 saturated carbocycles. The van der Waals surface area contributed by atoms with E-state index < -0.39 is 0 Å². The third-order valence-corrected chi connectivity index (χ3v) is 3.60. The molecule has 1 unspecified atom stereocenters. The summed E-state index contributed by atoms with van der Waals surface area (Å²) < 4.78 is 0.831. The van der Waals surface area contributed by atoms with Gasteiger partial charge in [0, 0.05) is 22.3 Å². The second-order valence-corrected chi connectivity index (χ2v) is 5.54. The molecule has 0 aliphatic rings. The number of thioether (sulfide) groups is 1. The SMILES string of the molecule is CSC(C)CNc1cc(Br)ccc1[N+](=O)[O-]. The van der Waals surface area contributed by atoms with Crippen molar-refractivity contribution in [3.8, 4) is 0 Å². The summed E-state index contributed by atoms with van der Waals surface area (Å²) in [6, 6.07) is 4.89. The average Bonchev–Trinajstić information content (AvgIpc) is 2.25. The maximum atomic E-state index is 10.8. The standard InChI is InChI=1S/C10H13BrN2O2S/c1-7(16-2)6-12-9-5-8(11)3-4-10(9)13(14)15/h3-5,7,12H,6H2,1-2H3. The van der Waals surface area contributed by atoms with E-state index in [1.807, 2.05) is 6.26 Å². The van der Waals surface area contributed by atoms with E-state index in [0.29, 0.717) is 17.5 Å². The van der Waals surface area contributed by atoms with Crippen molar-refractivity contribution >= 4 is 39.1 Å². The van der Waals surface area contributed by atoms with Crippen molar-refractivity contribution < 1.29 is 4.92 Å². The Morgan fingerprint density at radius 3 is 2.88 bits per heavy atom. The van der Waals surface area contributed by atoms with Crippen LogP contribution in [0.5, 0.6) is 0 Å². The van der Waals surface area contributed by atoms with Gasteiger partial charge in [-0.25, -0.2) is 0 Å². The molecule has 0 aliphatic heterocycles.